The summed E-state index contributed by atoms with van der Waals surface area (Å²) in [5, 5.41) is 4.24. The van der Waals surface area contributed by atoms with Gasteiger partial charge in [-0.3, -0.25) is 0 Å². The monoisotopic (exact) mass is 426 g/mol. The summed E-state index contributed by atoms with van der Waals surface area (Å²) in [4.78, 5) is 4.59. The van der Waals surface area contributed by atoms with Crippen molar-refractivity contribution in [1.29, 1.82) is 0 Å². The van der Waals surface area contributed by atoms with Crippen LogP contribution < -0.4 is 4.74 Å². The summed E-state index contributed by atoms with van der Waals surface area (Å²) < 4.78 is 35.7. The second-order valence-corrected chi connectivity index (χ2v) is 10.9. The van der Waals surface area contributed by atoms with E-state index in [1.807, 2.05) is 12.3 Å². The second kappa shape index (κ2) is 6.78. The smallest absolute Gasteiger partial charge is 0.243 e. The zero-order chi connectivity index (χ0) is 21.1. The lowest BCUT2D eigenvalue weighted by Crippen LogP contribution is -2.38. The molecule has 0 atom stereocenters. The Morgan fingerprint density at radius 1 is 1.17 bits per heavy atom. The van der Waals surface area contributed by atoms with Crippen LogP contribution in [0.2, 0.25) is 0 Å². The summed E-state index contributed by atoms with van der Waals surface area (Å²) in [5.74, 6) is 1.11. The lowest BCUT2D eigenvalue weighted by molar-refractivity contribution is 0.291. The van der Waals surface area contributed by atoms with E-state index in [1.54, 1.807) is 33.3 Å². The summed E-state index contributed by atoms with van der Waals surface area (Å²) in [6, 6.07) is 7.30. The van der Waals surface area contributed by atoms with Crippen molar-refractivity contribution >= 4 is 15.7 Å². The van der Waals surface area contributed by atoms with E-state index in [2.05, 4.69) is 30.9 Å². The van der Waals surface area contributed by atoms with Gasteiger partial charge < -0.3 is 4.74 Å². The average Bonchev–Trinajstić information content (AvgIpc) is 3.30. The standard InChI is InChI=1S/C22H26N4O3S/c1-15-10-21-23-14-24-26(21)12-18(15)16-6-8-25(9-7-16)30(27,28)17-4-5-20-19(11-17)22(2,3)13-29-20/h4-5,10-12,14,16H,6-9,13H2,1-3H3. The van der Waals surface area contributed by atoms with Crippen LogP contribution >= 0.6 is 0 Å². The molecular formula is C22H26N4O3S. The first-order valence-electron chi connectivity index (χ1n) is 10.3. The SMILES string of the molecule is Cc1cc2ncnn2cc1C1CCN(S(=O)(=O)c2ccc3c(c2)C(C)(C)CO3)CC1. The molecule has 0 spiro atoms. The third kappa shape index (κ3) is 3.09. The second-order valence-electron chi connectivity index (χ2n) is 8.98. The molecule has 8 heteroatoms. The Labute approximate surface area is 176 Å². The highest BCUT2D eigenvalue weighted by atomic mass is 32.2. The van der Waals surface area contributed by atoms with E-state index < -0.39 is 10.0 Å². The van der Waals surface area contributed by atoms with Crippen LogP contribution in [0.4, 0.5) is 0 Å². The van der Waals surface area contributed by atoms with Gasteiger partial charge >= 0.3 is 0 Å². The van der Waals surface area contributed by atoms with Crippen molar-refractivity contribution in [1.82, 2.24) is 18.9 Å². The molecule has 0 N–H and O–H groups in total. The van der Waals surface area contributed by atoms with Crippen LogP contribution in [0, 0.1) is 6.92 Å². The maximum absolute atomic E-state index is 13.3. The minimum absolute atomic E-state index is 0.175. The highest BCUT2D eigenvalue weighted by Crippen LogP contribution is 2.40. The summed E-state index contributed by atoms with van der Waals surface area (Å²) >= 11 is 0. The number of nitrogens with zero attached hydrogens (tertiary/aromatic N) is 4. The van der Waals surface area contributed by atoms with Gasteiger partial charge in [-0.05, 0) is 61.1 Å². The van der Waals surface area contributed by atoms with Crippen molar-refractivity contribution in [2.45, 2.75) is 49.8 Å². The van der Waals surface area contributed by atoms with Crippen LogP contribution in [0.25, 0.3) is 5.65 Å². The number of aryl methyl sites for hydroxylation is 1. The normalized spacial score (nSPS) is 19.7. The van der Waals surface area contributed by atoms with Gasteiger partial charge in [-0.1, -0.05) is 13.8 Å². The van der Waals surface area contributed by atoms with E-state index >= 15 is 0 Å². The Bertz CT molecular complexity index is 1220. The Morgan fingerprint density at radius 2 is 1.93 bits per heavy atom. The van der Waals surface area contributed by atoms with E-state index in [0.29, 0.717) is 30.5 Å². The first-order chi connectivity index (χ1) is 14.3. The van der Waals surface area contributed by atoms with Crippen molar-refractivity contribution < 1.29 is 13.2 Å². The van der Waals surface area contributed by atoms with E-state index in [4.69, 9.17) is 4.74 Å². The Balaban J connectivity index is 1.36. The molecule has 3 aromatic rings. The van der Waals surface area contributed by atoms with Gasteiger partial charge in [0.25, 0.3) is 0 Å². The number of piperidine rings is 1. The number of benzene rings is 1. The summed E-state index contributed by atoms with van der Waals surface area (Å²) in [6.45, 7) is 7.84. The number of hydrogen-bond acceptors (Lipinski definition) is 5. The molecule has 2 aromatic heterocycles. The van der Waals surface area contributed by atoms with Crippen molar-refractivity contribution in [3.8, 4) is 5.75 Å². The van der Waals surface area contributed by atoms with Crippen LogP contribution in [0.5, 0.6) is 5.75 Å². The van der Waals surface area contributed by atoms with Crippen LogP contribution in [-0.4, -0.2) is 47.0 Å². The minimum Gasteiger partial charge on any atom is -0.492 e. The molecule has 1 aromatic carbocycles. The maximum Gasteiger partial charge on any atom is 0.243 e. The molecule has 4 heterocycles. The van der Waals surface area contributed by atoms with Gasteiger partial charge in [0, 0.05) is 30.3 Å². The minimum atomic E-state index is -3.53. The molecule has 7 nitrogen and oxygen atoms in total. The predicted molar refractivity (Wildman–Crippen MR) is 113 cm³/mol. The number of hydrogen-bond donors (Lipinski definition) is 0. The van der Waals surface area contributed by atoms with E-state index in [-0.39, 0.29) is 5.41 Å². The summed E-state index contributed by atoms with van der Waals surface area (Å²) in [5.41, 5.74) is 4.03. The van der Waals surface area contributed by atoms with Gasteiger partial charge in [-0.2, -0.15) is 9.40 Å². The molecule has 158 valence electrons. The topological polar surface area (TPSA) is 76.8 Å². The third-order valence-corrected chi connectivity index (χ3v) is 8.36. The summed E-state index contributed by atoms with van der Waals surface area (Å²) in [7, 11) is -3.53. The molecule has 0 radical (unpaired) electrons. The molecule has 30 heavy (non-hydrogen) atoms. The van der Waals surface area contributed by atoms with Crippen LogP contribution in [0.1, 0.15) is 49.3 Å². The molecule has 0 unspecified atom stereocenters. The molecule has 0 amide bonds. The van der Waals surface area contributed by atoms with Gasteiger partial charge in [0.1, 0.15) is 12.1 Å². The third-order valence-electron chi connectivity index (χ3n) is 6.46. The van der Waals surface area contributed by atoms with Crippen LogP contribution in [-0.2, 0) is 15.4 Å². The summed E-state index contributed by atoms with van der Waals surface area (Å²) in [6.07, 6.45) is 5.17. The van der Waals surface area contributed by atoms with Gasteiger partial charge in [-0.25, -0.2) is 17.9 Å². The fraction of sp³-hybridized carbons (Fsp3) is 0.455. The molecule has 0 aliphatic carbocycles. The molecule has 2 aliphatic heterocycles. The highest BCUT2D eigenvalue weighted by Gasteiger charge is 2.35. The van der Waals surface area contributed by atoms with E-state index in [1.165, 1.54) is 11.1 Å². The van der Waals surface area contributed by atoms with Crippen molar-refractivity contribution in [2.75, 3.05) is 19.7 Å². The maximum atomic E-state index is 13.3. The lowest BCUT2D eigenvalue weighted by atomic mass is 9.87. The first-order valence-corrected chi connectivity index (χ1v) is 11.8. The zero-order valence-corrected chi connectivity index (χ0v) is 18.3. The van der Waals surface area contributed by atoms with Crippen molar-refractivity contribution in [3.05, 3.63) is 53.5 Å². The van der Waals surface area contributed by atoms with E-state index in [9.17, 15) is 8.42 Å². The van der Waals surface area contributed by atoms with E-state index in [0.717, 1.165) is 29.8 Å². The molecule has 0 bridgehead atoms. The van der Waals surface area contributed by atoms with Crippen LogP contribution in [0.15, 0.2) is 41.7 Å². The fourth-order valence-corrected chi connectivity index (χ4v) is 6.11. The average molecular weight is 427 g/mol. The predicted octanol–water partition coefficient (Wildman–Crippen LogP) is 3.28. The molecule has 2 aliphatic rings. The zero-order valence-electron chi connectivity index (χ0n) is 17.5. The molecule has 0 saturated carbocycles. The number of ether oxygens (including phenoxy) is 1. The van der Waals surface area contributed by atoms with Gasteiger partial charge in [-0.15, -0.1) is 0 Å². The van der Waals surface area contributed by atoms with Crippen LogP contribution in [0.3, 0.4) is 0 Å². The molecular weight excluding hydrogens is 400 g/mol. The Kier molecular flexibility index (Phi) is 4.41. The Hall–Kier alpha value is -2.45. The van der Waals surface area contributed by atoms with Gasteiger partial charge in [0.05, 0.1) is 11.5 Å². The number of rotatable bonds is 3. The fourth-order valence-electron chi connectivity index (χ4n) is 4.62. The molecule has 1 saturated heterocycles. The Morgan fingerprint density at radius 3 is 2.70 bits per heavy atom. The molecule has 5 rings (SSSR count). The van der Waals surface area contributed by atoms with Gasteiger partial charge in [0.2, 0.25) is 10.0 Å². The first kappa shape index (κ1) is 19.5. The van der Waals surface area contributed by atoms with Crippen molar-refractivity contribution in [3.63, 3.8) is 0 Å². The lowest BCUT2D eigenvalue weighted by Gasteiger charge is -2.32. The number of fused-ring (bicyclic) bond motifs is 2. The quantitative estimate of drug-likeness (QED) is 0.642. The van der Waals surface area contributed by atoms with Crippen molar-refractivity contribution in [2.24, 2.45) is 0 Å². The molecule has 1 fully saturated rings. The highest BCUT2D eigenvalue weighted by molar-refractivity contribution is 7.89. The largest absolute Gasteiger partial charge is 0.492 e. The number of aromatic nitrogens is 3. The number of pyridine rings is 1. The number of sulfonamides is 1. The van der Waals surface area contributed by atoms with Gasteiger partial charge in [0.15, 0.2) is 5.65 Å².